The number of carbonyl (C=O) groups is 1. The van der Waals surface area contributed by atoms with Gasteiger partial charge in [-0.2, -0.15) is 5.26 Å². The van der Waals surface area contributed by atoms with E-state index in [0.717, 1.165) is 66.6 Å². The Morgan fingerprint density at radius 3 is 2.45 bits per heavy atom. The zero-order chi connectivity index (χ0) is 28.9. The number of hydrogen-bond acceptors (Lipinski definition) is 6. The first kappa shape index (κ1) is 27.9. The van der Waals surface area contributed by atoms with Crippen LogP contribution in [0.3, 0.4) is 0 Å². The molecule has 214 valence electrons. The monoisotopic (exact) mass is 559 g/mol. The average molecular weight is 560 g/mol. The molecule has 0 radical (unpaired) electrons. The number of aliphatic hydroxyl groups is 1. The van der Waals surface area contributed by atoms with E-state index in [4.69, 9.17) is 4.98 Å². The van der Waals surface area contributed by atoms with Crippen LogP contribution in [-0.2, 0) is 6.54 Å². The maximum absolute atomic E-state index is 14.4. The molecule has 0 unspecified atom stereocenters. The van der Waals surface area contributed by atoms with Gasteiger partial charge in [0, 0.05) is 37.6 Å². The highest BCUT2D eigenvalue weighted by molar-refractivity contribution is 6.08. The number of rotatable bonds is 9. The van der Waals surface area contributed by atoms with Gasteiger partial charge in [-0.15, -0.1) is 0 Å². The first-order chi connectivity index (χ1) is 20.6. The second kappa shape index (κ2) is 12.7. The van der Waals surface area contributed by atoms with Gasteiger partial charge < -0.3 is 19.8 Å². The van der Waals surface area contributed by atoms with E-state index < -0.39 is 0 Å². The molecule has 4 aromatic rings. The van der Waals surface area contributed by atoms with Crippen LogP contribution in [0.2, 0.25) is 0 Å². The lowest BCUT2D eigenvalue weighted by molar-refractivity contribution is 0.0710. The summed E-state index contributed by atoms with van der Waals surface area (Å²) in [6.45, 7) is 4.90. The number of carbonyl (C=O) groups excluding carboxylic acids is 1. The molecule has 0 saturated carbocycles. The molecule has 7 heteroatoms. The number of pyridine rings is 1. The van der Waals surface area contributed by atoms with Gasteiger partial charge in [-0.3, -0.25) is 4.79 Å². The van der Waals surface area contributed by atoms with E-state index in [0.29, 0.717) is 30.0 Å². The third kappa shape index (κ3) is 6.01. The van der Waals surface area contributed by atoms with Crippen LogP contribution >= 0.6 is 0 Å². The predicted octanol–water partition coefficient (Wildman–Crippen LogP) is 5.47. The number of benzene rings is 3. The van der Waals surface area contributed by atoms with E-state index in [9.17, 15) is 15.2 Å². The molecule has 6 rings (SSSR count). The maximum Gasteiger partial charge on any atom is 0.254 e. The van der Waals surface area contributed by atoms with Gasteiger partial charge in [-0.1, -0.05) is 48.5 Å². The molecule has 0 bridgehead atoms. The quantitative estimate of drug-likeness (QED) is 0.293. The van der Waals surface area contributed by atoms with E-state index in [2.05, 4.69) is 34.1 Å². The number of aliphatic hydroxyl groups excluding tert-OH is 1. The fourth-order valence-electron chi connectivity index (χ4n) is 6.38. The summed E-state index contributed by atoms with van der Waals surface area (Å²) in [4.78, 5) is 26.1. The summed E-state index contributed by atoms with van der Waals surface area (Å²) >= 11 is 0. The zero-order valence-electron chi connectivity index (χ0n) is 24.0. The summed E-state index contributed by atoms with van der Waals surface area (Å²) in [6, 6.07) is 28.0. The van der Waals surface area contributed by atoms with Crippen LogP contribution in [0.1, 0.15) is 47.2 Å². The van der Waals surface area contributed by atoms with Gasteiger partial charge >= 0.3 is 0 Å². The average Bonchev–Trinajstić information content (AvgIpc) is 3.73. The van der Waals surface area contributed by atoms with Crippen LogP contribution in [0, 0.1) is 11.3 Å². The fourth-order valence-corrected chi connectivity index (χ4v) is 6.38. The maximum atomic E-state index is 14.4. The van der Waals surface area contributed by atoms with Crippen molar-refractivity contribution in [1.29, 1.82) is 5.26 Å². The molecule has 2 aliphatic rings. The molecule has 2 fully saturated rings. The van der Waals surface area contributed by atoms with E-state index in [-0.39, 0.29) is 18.6 Å². The first-order valence-corrected chi connectivity index (χ1v) is 15.0. The van der Waals surface area contributed by atoms with Crippen molar-refractivity contribution in [3.8, 4) is 17.2 Å². The van der Waals surface area contributed by atoms with Gasteiger partial charge in [-0.25, -0.2) is 4.98 Å². The lowest BCUT2D eigenvalue weighted by Crippen LogP contribution is -2.42. The summed E-state index contributed by atoms with van der Waals surface area (Å²) < 4.78 is 0. The van der Waals surface area contributed by atoms with E-state index in [1.807, 2.05) is 65.6 Å². The van der Waals surface area contributed by atoms with Crippen LogP contribution in [0.4, 0.5) is 5.82 Å². The van der Waals surface area contributed by atoms with Gasteiger partial charge in [-0.05, 0) is 85.8 Å². The van der Waals surface area contributed by atoms with Crippen LogP contribution < -0.4 is 4.90 Å². The summed E-state index contributed by atoms with van der Waals surface area (Å²) in [5.41, 5.74) is 5.08. The molecule has 0 spiro atoms. The Morgan fingerprint density at radius 2 is 1.71 bits per heavy atom. The van der Waals surface area contributed by atoms with E-state index >= 15 is 0 Å². The second-order valence-corrected chi connectivity index (χ2v) is 11.4. The highest BCUT2D eigenvalue weighted by atomic mass is 16.3. The molecular weight excluding hydrogens is 522 g/mol. The Kier molecular flexibility index (Phi) is 8.45. The number of aromatic nitrogens is 1. The number of amides is 1. The SMILES string of the molecule is N#Cc1ccc(-c2ccc3nc(N(CCO)Cc4ccccc4)cc(C(=O)N4CCC[C@H]4CN4CCCC4)c3c2)cc1. The van der Waals surface area contributed by atoms with Gasteiger partial charge in [0.25, 0.3) is 5.91 Å². The third-order valence-corrected chi connectivity index (χ3v) is 8.59. The molecule has 1 atom stereocenters. The van der Waals surface area contributed by atoms with Crippen LogP contribution in [0.15, 0.2) is 78.9 Å². The molecule has 42 heavy (non-hydrogen) atoms. The van der Waals surface area contributed by atoms with Gasteiger partial charge in [0.05, 0.1) is 29.3 Å². The molecule has 1 amide bonds. The summed E-state index contributed by atoms with van der Waals surface area (Å²) in [5, 5.41) is 20.0. The molecular formula is C35H37N5O2. The number of nitrogens with zero attached hydrogens (tertiary/aromatic N) is 5. The molecule has 1 aromatic heterocycles. The minimum absolute atomic E-state index is 0.0164. The smallest absolute Gasteiger partial charge is 0.254 e. The van der Waals surface area contributed by atoms with Crippen LogP contribution in [0.5, 0.6) is 0 Å². The Bertz CT molecular complexity index is 1580. The highest BCUT2D eigenvalue weighted by Crippen LogP contribution is 2.32. The highest BCUT2D eigenvalue weighted by Gasteiger charge is 2.32. The van der Waals surface area contributed by atoms with Gasteiger partial charge in [0.2, 0.25) is 0 Å². The van der Waals surface area contributed by atoms with Crippen LogP contribution in [0.25, 0.3) is 22.0 Å². The lowest BCUT2D eigenvalue weighted by atomic mass is 9.99. The Morgan fingerprint density at radius 1 is 0.952 bits per heavy atom. The molecule has 0 aliphatic carbocycles. The van der Waals surface area contributed by atoms with Crippen molar-refractivity contribution in [3.63, 3.8) is 0 Å². The first-order valence-electron chi connectivity index (χ1n) is 15.0. The number of likely N-dealkylation sites (tertiary alicyclic amines) is 2. The van der Waals surface area contributed by atoms with Crippen molar-refractivity contribution in [3.05, 3.63) is 95.6 Å². The Labute approximate surface area is 247 Å². The van der Waals surface area contributed by atoms with Gasteiger partial charge in [0.1, 0.15) is 5.82 Å². The zero-order valence-corrected chi connectivity index (χ0v) is 24.0. The van der Waals surface area contributed by atoms with Crippen molar-refractivity contribution in [2.75, 3.05) is 44.2 Å². The normalized spacial score (nSPS) is 17.0. The molecule has 2 saturated heterocycles. The number of nitriles is 1. The summed E-state index contributed by atoms with van der Waals surface area (Å²) in [5.74, 6) is 0.733. The molecule has 1 N–H and O–H groups in total. The van der Waals surface area contributed by atoms with E-state index in [1.54, 1.807) is 0 Å². The Hall–Kier alpha value is -4.25. The Balaban J connectivity index is 1.42. The third-order valence-electron chi connectivity index (χ3n) is 8.59. The molecule has 7 nitrogen and oxygen atoms in total. The van der Waals surface area contributed by atoms with Crippen molar-refractivity contribution in [1.82, 2.24) is 14.8 Å². The number of anilines is 1. The van der Waals surface area contributed by atoms with Crippen molar-refractivity contribution >= 4 is 22.6 Å². The van der Waals surface area contributed by atoms with Crippen molar-refractivity contribution in [2.24, 2.45) is 0 Å². The van der Waals surface area contributed by atoms with Crippen LogP contribution in [-0.4, -0.2) is 71.2 Å². The largest absolute Gasteiger partial charge is 0.395 e. The number of fused-ring (bicyclic) bond motifs is 1. The van der Waals surface area contributed by atoms with E-state index in [1.165, 1.54) is 12.8 Å². The fraction of sp³-hybridized carbons (Fsp3) is 0.343. The minimum Gasteiger partial charge on any atom is -0.395 e. The van der Waals surface area contributed by atoms with Crippen molar-refractivity contribution < 1.29 is 9.90 Å². The minimum atomic E-state index is -0.0164. The molecule has 3 heterocycles. The molecule has 2 aliphatic heterocycles. The topological polar surface area (TPSA) is 83.7 Å². The summed E-state index contributed by atoms with van der Waals surface area (Å²) in [6.07, 6.45) is 4.51. The standard InChI is InChI=1S/C35H37N5O2/c36-23-26-10-12-28(13-11-26)29-14-15-33-31(21-29)32(35(42)40-18-6-9-30(40)25-38-16-4-5-17-38)22-34(37-33)39(19-20-41)24-27-7-2-1-3-8-27/h1-3,7-8,10-15,21-22,30,41H,4-6,9,16-20,24-25H2/t30-/m0/s1. The number of hydrogen-bond donors (Lipinski definition) is 1. The van der Waals surface area contributed by atoms with Gasteiger partial charge in [0.15, 0.2) is 0 Å². The molecule has 3 aromatic carbocycles. The second-order valence-electron chi connectivity index (χ2n) is 11.4. The predicted molar refractivity (Wildman–Crippen MR) is 166 cm³/mol. The van der Waals surface area contributed by atoms with Crippen molar-refractivity contribution in [2.45, 2.75) is 38.3 Å². The lowest BCUT2D eigenvalue weighted by Gasteiger charge is -2.30. The summed E-state index contributed by atoms with van der Waals surface area (Å²) in [7, 11) is 0.